The molecule has 0 aliphatic heterocycles. The van der Waals surface area contributed by atoms with Gasteiger partial charge in [0, 0.05) is 19.3 Å². The van der Waals surface area contributed by atoms with Crippen LogP contribution in [0.15, 0.2) is 0 Å². The zero-order chi connectivity index (χ0) is 33.9. The molecular weight excluding hydrogens is 576 g/mol. The Hall–Kier alpha value is -1.59. The first-order chi connectivity index (χ1) is 22.4. The molecule has 0 aliphatic carbocycles. The van der Waals surface area contributed by atoms with E-state index >= 15 is 0 Å². The Bertz CT molecular complexity index is 691. The van der Waals surface area contributed by atoms with Crippen LogP contribution >= 0.6 is 0 Å². The van der Waals surface area contributed by atoms with E-state index in [1.54, 1.807) is 0 Å². The summed E-state index contributed by atoms with van der Waals surface area (Å²) in [5.41, 5.74) is 0. The van der Waals surface area contributed by atoms with Gasteiger partial charge < -0.3 is 14.2 Å². The lowest BCUT2D eigenvalue weighted by Gasteiger charge is -2.18. The highest BCUT2D eigenvalue weighted by Crippen LogP contribution is 2.15. The maximum Gasteiger partial charge on any atom is 0.306 e. The molecule has 0 bridgehead atoms. The molecule has 0 aliphatic rings. The van der Waals surface area contributed by atoms with Gasteiger partial charge in [-0.3, -0.25) is 14.4 Å². The Labute approximate surface area is 285 Å². The minimum absolute atomic E-state index is 0.0656. The molecule has 0 radical (unpaired) electrons. The van der Waals surface area contributed by atoms with Crippen LogP contribution in [0.3, 0.4) is 0 Å². The fourth-order valence-corrected chi connectivity index (χ4v) is 5.74. The van der Waals surface area contributed by atoms with E-state index < -0.39 is 6.10 Å². The third-order valence-corrected chi connectivity index (χ3v) is 8.79. The molecule has 0 heterocycles. The van der Waals surface area contributed by atoms with Crippen LogP contribution in [0.25, 0.3) is 0 Å². The normalized spacial score (nSPS) is 11.9. The summed E-state index contributed by atoms with van der Waals surface area (Å²) in [4.78, 5) is 37.3. The average molecular weight is 653 g/mol. The van der Waals surface area contributed by atoms with Gasteiger partial charge in [-0.05, 0) is 25.2 Å². The Balaban J connectivity index is 4.32. The molecule has 0 saturated carbocycles. The molecular formula is C40H76O6. The molecule has 0 aromatic carbocycles. The first-order valence-electron chi connectivity index (χ1n) is 19.9. The molecule has 1 atom stereocenters. The van der Waals surface area contributed by atoms with Crippen LogP contribution in [0.2, 0.25) is 0 Å². The number of carbonyl (C=O) groups is 3. The first kappa shape index (κ1) is 44.4. The SMILES string of the molecule is CCCCCCCCCCCC(=O)OC[C@H](COC(=O)CCCCCCCCC)OC(=O)CCCCCCCCCCCC(C)C. The molecule has 0 aromatic rings. The van der Waals surface area contributed by atoms with Crippen molar-refractivity contribution in [2.24, 2.45) is 5.92 Å². The van der Waals surface area contributed by atoms with Crippen molar-refractivity contribution in [1.29, 1.82) is 0 Å². The van der Waals surface area contributed by atoms with Crippen LogP contribution in [-0.2, 0) is 28.6 Å². The van der Waals surface area contributed by atoms with Crippen molar-refractivity contribution >= 4 is 17.9 Å². The Kier molecular flexibility index (Phi) is 33.5. The number of carbonyl (C=O) groups excluding carboxylic acids is 3. The fourth-order valence-electron chi connectivity index (χ4n) is 5.74. The summed E-state index contributed by atoms with van der Waals surface area (Å²) in [7, 11) is 0. The van der Waals surface area contributed by atoms with E-state index in [-0.39, 0.29) is 31.1 Å². The van der Waals surface area contributed by atoms with Crippen molar-refractivity contribution in [1.82, 2.24) is 0 Å². The van der Waals surface area contributed by atoms with E-state index in [1.165, 1.54) is 109 Å². The summed E-state index contributed by atoms with van der Waals surface area (Å²) in [6.07, 6.45) is 31.0. The van der Waals surface area contributed by atoms with Crippen LogP contribution < -0.4 is 0 Å². The van der Waals surface area contributed by atoms with Gasteiger partial charge in [-0.25, -0.2) is 0 Å². The van der Waals surface area contributed by atoms with Crippen LogP contribution in [-0.4, -0.2) is 37.2 Å². The lowest BCUT2D eigenvalue weighted by atomic mass is 10.0. The summed E-state index contributed by atoms with van der Waals surface area (Å²) in [5.74, 6) is -0.0665. The van der Waals surface area contributed by atoms with Gasteiger partial charge in [0.05, 0.1) is 0 Å². The average Bonchev–Trinajstić information content (AvgIpc) is 3.03. The van der Waals surface area contributed by atoms with Gasteiger partial charge in [-0.1, -0.05) is 175 Å². The third-order valence-electron chi connectivity index (χ3n) is 8.79. The second-order valence-electron chi connectivity index (χ2n) is 14.0. The molecule has 0 rings (SSSR count). The largest absolute Gasteiger partial charge is 0.462 e. The Morgan fingerprint density at radius 3 is 1.07 bits per heavy atom. The van der Waals surface area contributed by atoms with Crippen LogP contribution in [0.5, 0.6) is 0 Å². The lowest BCUT2D eigenvalue weighted by molar-refractivity contribution is -0.167. The molecule has 6 heteroatoms. The van der Waals surface area contributed by atoms with Gasteiger partial charge in [0.25, 0.3) is 0 Å². The van der Waals surface area contributed by atoms with Crippen molar-refractivity contribution in [3.8, 4) is 0 Å². The van der Waals surface area contributed by atoms with Crippen molar-refractivity contribution in [3.63, 3.8) is 0 Å². The van der Waals surface area contributed by atoms with E-state index in [9.17, 15) is 14.4 Å². The van der Waals surface area contributed by atoms with Gasteiger partial charge in [0.15, 0.2) is 6.10 Å². The Morgan fingerprint density at radius 2 is 0.717 bits per heavy atom. The molecule has 0 spiro atoms. The van der Waals surface area contributed by atoms with E-state index in [0.29, 0.717) is 19.3 Å². The second-order valence-corrected chi connectivity index (χ2v) is 14.0. The zero-order valence-electron chi connectivity index (χ0n) is 31.0. The van der Waals surface area contributed by atoms with Gasteiger partial charge >= 0.3 is 17.9 Å². The molecule has 272 valence electrons. The summed E-state index contributed by atoms with van der Waals surface area (Å²) in [6, 6.07) is 0. The highest BCUT2D eigenvalue weighted by atomic mass is 16.6. The number of rotatable bonds is 35. The Morgan fingerprint density at radius 1 is 0.413 bits per heavy atom. The number of hydrogen-bond acceptors (Lipinski definition) is 6. The molecule has 0 fully saturated rings. The number of esters is 3. The molecule has 0 amide bonds. The van der Waals surface area contributed by atoms with E-state index in [4.69, 9.17) is 14.2 Å². The number of ether oxygens (including phenoxy) is 3. The maximum atomic E-state index is 12.6. The smallest absolute Gasteiger partial charge is 0.306 e. The maximum absolute atomic E-state index is 12.6. The lowest BCUT2D eigenvalue weighted by Crippen LogP contribution is -2.30. The molecule has 6 nitrogen and oxygen atoms in total. The zero-order valence-corrected chi connectivity index (χ0v) is 31.0. The monoisotopic (exact) mass is 653 g/mol. The fraction of sp³-hybridized carbons (Fsp3) is 0.925. The highest BCUT2D eigenvalue weighted by molar-refractivity contribution is 5.71. The number of hydrogen-bond donors (Lipinski definition) is 0. The van der Waals surface area contributed by atoms with Crippen LogP contribution in [0.4, 0.5) is 0 Å². The second kappa shape index (κ2) is 34.7. The van der Waals surface area contributed by atoms with Crippen LogP contribution in [0, 0.1) is 5.92 Å². The quantitative estimate of drug-likeness (QED) is 0.0385. The van der Waals surface area contributed by atoms with Gasteiger partial charge in [-0.15, -0.1) is 0 Å². The van der Waals surface area contributed by atoms with Crippen molar-refractivity contribution in [3.05, 3.63) is 0 Å². The third kappa shape index (κ3) is 33.8. The first-order valence-corrected chi connectivity index (χ1v) is 19.9. The summed E-state index contributed by atoms with van der Waals surface area (Å²) >= 11 is 0. The standard InChI is InChI=1S/C40H76O6/c1-5-7-9-11-13-15-20-24-28-32-39(42)45-35-37(34-44-38(41)31-27-23-18-12-10-8-6-2)46-40(43)33-29-25-21-17-14-16-19-22-26-30-36(3)4/h36-37H,5-35H2,1-4H3/t37-/m0/s1. The minimum atomic E-state index is -0.756. The van der Waals surface area contributed by atoms with Gasteiger partial charge in [-0.2, -0.15) is 0 Å². The van der Waals surface area contributed by atoms with E-state index in [0.717, 1.165) is 63.7 Å². The van der Waals surface area contributed by atoms with Crippen molar-refractivity contribution in [2.45, 2.75) is 220 Å². The highest BCUT2D eigenvalue weighted by Gasteiger charge is 2.19. The molecule has 0 saturated heterocycles. The molecule has 46 heavy (non-hydrogen) atoms. The summed E-state index contributed by atoms with van der Waals surface area (Å²) in [5, 5.41) is 0. The molecule has 0 N–H and O–H groups in total. The van der Waals surface area contributed by atoms with Crippen molar-refractivity contribution in [2.75, 3.05) is 13.2 Å². The summed E-state index contributed by atoms with van der Waals surface area (Å²) < 4.78 is 16.6. The van der Waals surface area contributed by atoms with Crippen LogP contribution in [0.1, 0.15) is 214 Å². The van der Waals surface area contributed by atoms with Gasteiger partial charge in [0.1, 0.15) is 13.2 Å². The minimum Gasteiger partial charge on any atom is -0.462 e. The predicted octanol–water partition coefficient (Wildman–Crippen LogP) is 12.0. The summed E-state index contributed by atoms with van der Waals surface area (Å²) in [6.45, 7) is 8.89. The van der Waals surface area contributed by atoms with E-state index in [1.807, 2.05) is 0 Å². The van der Waals surface area contributed by atoms with Gasteiger partial charge in [0.2, 0.25) is 0 Å². The predicted molar refractivity (Wildman–Crippen MR) is 192 cm³/mol. The number of unbranched alkanes of at least 4 members (excludes halogenated alkanes) is 22. The molecule has 0 unspecified atom stereocenters. The van der Waals surface area contributed by atoms with E-state index in [2.05, 4.69) is 27.7 Å². The van der Waals surface area contributed by atoms with Crippen molar-refractivity contribution < 1.29 is 28.6 Å². The molecule has 0 aromatic heterocycles. The topological polar surface area (TPSA) is 78.9 Å².